The van der Waals surface area contributed by atoms with Crippen molar-refractivity contribution >= 4 is 51.7 Å². The number of carbonyl (C=O) groups excluding carboxylic acids is 1. The highest BCUT2D eigenvalue weighted by Crippen LogP contribution is 2.34. The van der Waals surface area contributed by atoms with Crippen molar-refractivity contribution < 1.29 is 9.53 Å². The van der Waals surface area contributed by atoms with Gasteiger partial charge in [-0.2, -0.15) is 0 Å². The van der Waals surface area contributed by atoms with Crippen LogP contribution in [-0.4, -0.2) is 38.2 Å². The second kappa shape index (κ2) is 12.9. The third kappa shape index (κ3) is 6.59. The summed E-state index contributed by atoms with van der Waals surface area (Å²) in [6.45, 7) is 3.27. The van der Waals surface area contributed by atoms with Crippen LogP contribution in [-0.2, 0) is 11.3 Å². The molecule has 0 bridgehead atoms. The Kier molecular flexibility index (Phi) is 9.35. The number of thioether (sulfide) groups is 1. The van der Waals surface area contributed by atoms with Gasteiger partial charge >= 0.3 is 0 Å². The molecule has 9 heteroatoms. The maximum atomic E-state index is 13.4. The van der Waals surface area contributed by atoms with E-state index in [9.17, 15) is 9.59 Å². The number of thiocarbonyl (C=S) groups is 1. The van der Waals surface area contributed by atoms with Crippen LogP contribution in [0.1, 0.15) is 56.6 Å². The van der Waals surface area contributed by atoms with Crippen LogP contribution in [0, 0.1) is 0 Å². The van der Waals surface area contributed by atoms with E-state index in [-0.39, 0.29) is 11.5 Å². The molecule has 1 aromatic carbocycles. The fraction of sp³-hybridized carbons (Fsp3) is 0.357. The third-order valence-electron chi connectivity index (χ3n) is 6.24. The summed E-state index contributed by atoms with van der Waals surface area (Å²) in [5, 5.41) is 3.35. The molecule has 0 atom stereocenters. The zero-order chi connectivity index (χ0) is 26.2. The number of amides is 1. The summed E-state index contributed by atoms with van der Waals surface area (Å²) in [7, 11) is 1.61. The van der Waals surface area contributed by atoms with Crippen LogP contribution in [0.25, 0.3) is 11.7 Å². The van der Waals surface area contributed by atoms with Crippen molar-refractivity contribution in [2.45, 2.75) is 52.0 Å². The lowest BCUT2D eigenvalue weighted by molar-refractivity contribution is -0.122. The van der Waals surface area contributed by atoms with E-state index in [0.717, 1.165) is 24.2 Å². The topological polar surface area (TPSA) is 75.9 Å². The molecule has 0 unspecified atom stereocenters. The number of hydrogen-bond donors (Lipinski definition) is 1. The smallest absolute Gasteiger partial charge is 0.267 e. The minimum absolute atomic E-state index is 0.217. The van der Waals surface area contributed by atoms with Gasteiger partial charge < -0.3 is 10.1 Å². The molecule has 7 nitrogen and oxygen atoms in total. The van der Waals surface area contributed by atoms with Crippen LogP contribution < -0.4 is 15.6 Å². The number of ether oxygens (including phenoxy) is 1. The highest BCUT2D eigenvalue weighted by atomic mass is 32.2. The van der Waals surface area contributed by atoms with E-state index in [1.807, 2.05) is 30.3 Å². The molecule has 1 amide bonds. The molecule has 0 aliphatic carbocycles. The molecule has 0 spiro atoms. The molecule has 3 aromatic rings. The molecule has 2 aromatic heterocycles. The van der Waals surface area contributed by atoms with Crippen LogP contribution in [0.5, 0.6) is 5.75 Å². The first-order valence-corrected chi connectivity index (χ1v) is 13.9. The number of rotatable bonds is 12. The Hall–Kier alpha value is -3.17. The maximum Gasteiger partial charge on any atom is 0.267 e. The first-order chi connectivity index (χ1) is 18.0. The number of hydrogen-bond acceptors (Lipinski definition) is 7. The first-order valence-electron chi connectivity index (χ1n) is 12.7. The Morgan fingerprint density at radius 2 is 1.81 bits per heavy atom. The third-order valence-corrected chi connectivity index (χ3v) is 7.62. The van der Waals surface area contributed by atoms with E-state index in [1.165, 1.54) is 41.8 Å². The number of carbonyl (C=O) groups is 1. The number of nitrogens with zero attached hydrogens (tertiary/aromatic N) is 3. The molecule has 1 aliphatic rings. The van der Waals surface area contributed by atoms with Gasteiger partial charge in [-0.1, -0.05) is 81.2 Å². The van der Waals surface area contributed by atoms with Crippen molar-refractivity contribution in [1.29, 1.82) is 0 Å². The number of aromatic nitrogens is 2. The summed E-state index contributed by atoms with van der Waals surface area (Å²) in [4.78, 5) is 33.4. The minimum Gasteiger partial charge on any atom is -0.497 e. The lowest BCUT2D eigenvalue weighted by atomic mass is 10.1. The van der Waals surface area contributed by atoms with Crippen LogP contribution in [0.4, 0.5) is 5.82 Å². The van der Waals surface area contributed by atoms with Gasteiger partial charge in [-0.25, -0.2) is 4.98 Å². The number of anilines is 1. The van der Waals surface area contributed by atoms with Crippen molar-refractivity contribution in [3.8, 4) is 5.75 Å². The van der Waals surface area contributed by atoms with E-state index < -0.39 is 0 Å². The van der Waals surface area contributed by atoms with Gasteiger partial charge in [0.25, 0.3) is 11.5 Å². The maximum absolute atomic E-state index is 13.4. The lowest BCUT2D eigenvalue weighted by Gasteiger charge is -2.14. The van der Waals surface area contributed by atoms with Crippen LogP contribution in [0.2, 0.25) is 0 Å². The fourth-order valence-electron chi connectivity index (χ4n) is 4.16. The van der Waals surface area contributed by atoms with Crippen LogP contribution >= 0.6 is 24.0 Å². The van der Waals surface area contributed by atoms with Gasteiger partial charge in [0, 0.05) is 12.7 Å². The summed E-state index contributed by atoms with van der Waals surface area (Å²) in [5.74, 6) is 1.02. The van der Waals surface area contributed by atoms with E-state index in [4.69, 9.17) is 21.9 Å². The zero-order valence-electron chi connectivity index (χ0n) is 21.2. The first kappa shape index (κ1) is 26.9. The van der Waals surface area contributed by atoms with Crippen molar-refractivity contribution in [3.63, 3.8) is 0 Å². The summed E-state index contributed by atoms with van der Waals surface area (Å²) >= 11 is 6.72. The Labute approximate surface area is 226 Å². The molecular weight excluding hydrogens is 504 g/mol. The lowest BCUT2D eigenvalue weighted by Crippen LogP contribution is -2.27. The largest absolute Gasteiger partial charge is 0.497 e. The van der Waals surface area contributed by atoms with Crippen LogP contribution in [0.15, 0.2) is 58.4 Å². The molecular formula is C28H32N4O3S2. The summed E-state index contributed by atoms with van der Waals surface area (Å²) in [6, 6.07) is 13.0. The van der Waals surface area contributed by atoms with Gasteiger partial charge in [0.15, 0.2) is 0 Å². The summed E-state index contributed by atoms with van der Waals surface area (Å²) in [5.41, 5.74) is 1.63. The molecule has 1 N–H and O–H groups in total. The van der Waals surface area contributed by atoms with Gasteiger partial charge in [-0.15, -0.1) is 0 Å². The van der Waals surface area contributed by atoms with Gasteiger partial charge in [0.05, 0.1) is 24.1 Å². The van der Waals surface area contributed by atoms with Crippen molar-refractivity contribution in [3.05, 3.63) is 75.0 Å². The number of nitrogens with one attached hydrogen (secondary N) is 1. The second-order valence-electron chi connectivity index (χ2n) is 8.92. The highest BCUT2D eigenvalue weighted by molar-refractivity contribution is 8.26. The summed E-state index contributed by atoms with van der Waals surface area (Å²) in [6.07, 6.45) is 10.4. The zero-order valence-corrected chi connectivity index (χ0v) is 22.9. The van der Waals surface area contributed by atoms with E-state index in [0.29, 0.717) is 39.3 Å². The van der Waals surface area contributed by atoms with Crippen LogP contribution in [0.3, 0.4) is 0 Å². The fourth-order valence-corrected chi connectivity index (χ4v) is 5.40. The molecule has 1 aliphatic heterocycles. The molecule has 37 heavy (non-hydrogen) atoms. The average molecular weight is 537 g/mol. The standard InChI is InChI=1S/C28H32N4O3S2/c1-3-4-5-6-7-9-16-29-25-22(26(33)31-17-10-8-11-24(31)30-25)18-23-27(34)32(28(36)37-23)19-20-12-14-21(35-2)15-13-20/h8,10-15,17-18,29H,3-7,9,16,19H2,1-2H3/b23-18-. The van der Waals surface area contributed by atoms with E-state index in [2.05, 4.69) is 12.2 Å². The van der Waals surface area contributed by atoms with E-state index >= 15 is 0 Å². The minimum atomic E-state index is -0.225. The summed E-state index contributed by atoms with van der Waals surface area (Å²) < 4.78 is 7.17. The van der Waals surface area contributed by atoms with Crippen molar-refractivity contribution in [1.82, 2.24) is 14.3 Å². The monoisotopic (exact) mass is 536 g/mol. The normalized spacial score (nSPS) is 14.6. The molecule has 0 saturated carbocycles. The molecule has 0 radical (unpaired) electrons. The predicted molar refractivity (Wildman–Crippen MR) is 155 cm³/mol. The molecule has 1 fully saturated rings. The Balaban J connectivity index is 1.56. The Bertz CT molecular complexity index is 1350. The molecule has 1 saturated heterocycles. The SMILES string of the molecule is CCCCCCCCNc1nc2ccccn2c(=O)c1/C=C1\SC(=S)N(Cc2ccc(OC)cc2)C1=O. The van der Waals surface area contributed by atoms with Crippen molar-refractivity contribution in [2.24, 2.45) is 0 Å². The Morgan fingerprint density at radius 1 is 1.05 bits per heavy atom. The van der Waals surface area contributed by atoms with Gasteiger partial charge in [-0.05, 0) is 42.3 Å². The second-order valence-corrected chi connectivity index (χ2v) is 10.6. The van der Waals surface area contributed by atoms with Gasteiger partial charge in [0.2, 0.25) is 0 Å². The highest BCUT2D eigenvalue weighted by Gasteiger charge is 2.32. The van der Waals surface area contributed by atoms with Gasteiger partial charge in [-0.3, -0.25) is 18.9 Å². The predicted octanol–water partition coefficient (Wildman–Crippen LogP) is 5.88. The molecule has 194 valence electrons. The Morgan fingerprint density at radius 3 is 2.57 bits per heavy atom. The van der Waals surface area contributed by atoms with E-state index in [1.54, 1.807) is 36.4 Å². The van der Waals surface area contributed by atoms with Gasteiger partial charge in [0.1, 0.15) is 21.5 Å². The number of fused-ring (bicyclic) bond motifs is 1. The number of methoxy groups -OCH3 is 1. The molecule has 4 rings (SSSR count). The number of unbranched alkanes of at least 4 members (excludes halogenated alkanes) is 5. The number of pyridine rings is 1. The number of benzene rings is 1. The average Bonchev–Trinajstić information content (AvgIpc) is 3.18. The molecule has 3 heterocycles. The quantitative estimate of drug-likeness (QED) is 0.176. The van der Waals surface area contributed by atoms with Crippen molar-refractivity contribution in [2.75, 3.05) is 19.0 Å².